The van der Waals surface area contributed by atoms with Gasteiger partial charge in [-0.05, 0) is 40.6 Å². The van der Waals surface area contributed by atoms with E-state index in [-0.39, 0.29) is 0 Å². The molecule has 0 aromatic carbocycles. The second-order valence-electron chi connectivity index (χ2n) is 2.50. The molecule has 0 bridgehead atoms. The first kappa shape index (κ1) is 9.96. The minimum absolute atomic E-state index is 0.659. The van der Waals surface area contributed by atoms with Crippen LogP contribution in [-0.2, 0) is 0 Å². The van der Waals surface area contributed by atoms with Crippen LogP contribution in [0.1, 0.15) is 18.2 Å². The average molecular weight is 246 g/mol. The second kappa shape index (κ2) is 4.80. The highest BCUT2D eigenvalue weighted by Gasteiger charge is 1.95. The Hall–Kier alpha value is -0.120. The fraction of sp³-hybridized carbons (Fsp3) is 0.333. The molecule has 12 heavy (non-hydrogen) atoms. The summed E-state index contributed by atoms with van der Waals surface area (Å²) in [7, 11) is 0. The number of nitrogens with two attached hydrogens (primary N) is 1. The Morgan fingerprint density at radius 2 is 2.42 bits per heavy atom. The zero-order chi connectivity index (χ0) is 8.97. The Morgan fingerprint density at radius 3 is 2.83 bits per heavy atom. The summed E-state index contributed by atoms with van der Waals surface area (Å²) in [6, 6.07) is 4.15. The quantitative estimate of drug-likeness (QED) is 0.870. The predicted molar refractivity (Wildman–Crippen MR) is 59.3 cm³/mol. The van der Waals surface area contributed by atoms with Crippen LogP contribution in [0.15, 0.2) is 21.5 Å². The zero-order valence-corrected chi connectivity index (χ0v) is 9.41. The monoisotopic (exact) mass is 245 g/mol. The van der Waals surface area contributed by atoms with Crippen LogP contribution in [0.3, 0.4) is 0 Å². The molecule has 66 valence electrons. The van der Waals surface area contributed by atoms with Gasteiger partial charge in [-0.25, -0.2) is 0 Å². The Labute approximate surface area is 85.4 Å². The smallest absolute Gasteiger partial charge is 0.0704 e. The van der Waals surface area contributed by atoms with Crippen molar-refractivity contribution in [3.63, 3.8) is 0 Å². The third-order valence-electron chi connectivity index (χ3n) is 1.66. The van der Waals surface area contributed by atoms with E-state index in [0.29, 0.717) is 6.54 Å². The van der Waals surface area contributed by atoms with Gasteiger partial charge in [-0.1, -0.05) is 12.5 Å². The van der Waals surface area contributed by atoms with Crippen molar-refractivity contribution >= 4 is 33.3 Å². The number of halogens is 1. The van der Waals surface area contributed by atoms with Crippen LogP contribution in [0.2, 0.25) is 0 Å². The maximum atomic E-state index is 5.56. The van der Waals surface area contributed by atoms with Gasteiger partial charge >= 0.3 is 0 Å². The minimum Gasteiger partial charge on any atom is -0.327 e. The molecule has 3 heteroatoms. The summed E-state index contributed by atoms with van der Waals surface area (Å²) >= 11 is 5.16. The highest BCUT2D eigenvalue weighted by molar-refractivity contribution is 9.11. The highest BCUT2D eigenvalue weighted by Crippen LogP contribution is 2.24. The van der Waals surface area contributed by atoms with Crippen molar-refractivity contribution in [1.29, 1.82) is 0 Å². The molecule has 0 atom stereocenters. The van der Waals surface area contributed by atoms with Crippen LogP contribution < -0.4 is 5.73 Å². The third kappa shape index (κ3) is 2.73. The van der Waals surface area contributed by atoms with Crippen LogP contribution in [0.4, 0.5) is 0 Å². The lowest BCUT2D eigenvalue weighted by atomic mass is 10.2. The summed E-state index contributed by atoms with van der Waals surface area (Å²) in [4.78, 5) is 1.27. The van der Waals surface area contributed by atoms with Gasteiger partial charge in [0.1, 0.15) is 0 Å². The Bertz CT molecular complexity index is 272. The van der Waals surface area contributed by atoms with E-state index in [2.05, 4.69) is 41.1 Å². The summed E-state index contributed by atoms with van der Waals surface area (Å²) in [6.07, 6.45) is 3.20. The van der Waals surface area contributed by atoms with Gasteiger partial charge in [0.2, 0.25) is 0 Å². The summed E-state index contributed by atoms with van der Waals surface area (Å²) in [5, 5.41) is 0. The molecule has 0 aliphatic heterocycles. The Balaban J connectivity index is 2.78. The molecule has 0 saturated carbocycles. The Kier molecular flexibility index (Phi) is 3.98. The van der Waals surface area contributed by atoms with Crippen molar-refractivity contribution in [3.8, 4) is 0 Å². The molecule has 0 amide bonds. The highest BCUT2D eigenvalue weighted by atomic mass is 79.9. The van der Waals surface area contributed by atoms with Crippen molar-refractivity contribution in [2.45, 2.75) is 13.3 Å². The van der Waals surface area contributed by atoms with Crippen LogP contribution in [0.5, 0.6) is 0 Å². The fourth-order valence-corrected chi connectivity index (χ4v) is 2.33. The average Bonchev–Trinajstić information content (AvgIpc) is 2.47. The lowest BCUT2D eigenvalue weighted by Gasteiger charge is -1.97. The van der Waals surface area contributed by atoms with Gasteiger partial charge in [0, 0.05) is 11.4 Å². The standard InChI is InChI=1S/C9H12BrNS/c1-2-7(6-11)5-8-3-4-9(10)12-8/h3-5H,2,6,11H2,1H3. The predicted octanol–water partition coefficient (Wildman–Crippen LogP) is 3.26. The summed E-state index contributed by atoms with van der Waals surface area (Å²) in [6.45, 7) is 2.79. The second-order valence-corrected chi connectivity index (χ2v) is 5.00. The van der Waals surface area contributed by atoms with Crippen molar-refractivity contribution in [2.75, 3.05) is 6.54 Å². The lowest BCUT2D eigenvalue weighted by molar-refractivity contribution is 1.02. The minimum atomic E-state index is 0.659. The fourth-order valence-electron chi connectivity index (χ4n) is 0.912. The zero-order valence-electron chi connectivity index (χ0n) is 7.01. The van der Waals surface area contributed by atoms with E-state index < -0.39 is 0 Å². The molecule has 1 aromatic heterocycles. The molecule has 1 heterocycles. The van der Waals surface area contributed by atoms with Crippen molar-refractivity contribution in [3.05, 3.63) is 26.4 Å². The van der Waals surface area contributed by atoms with Crippen molar-refractivity contribution in [2.24, 2.45) is 5.73 Å². The maximum Gasteiger partial charge on any atom is 0.0704 e. The van der Waals surface area contributed by atoms with E-state index in [1.165, 1.54) is 14.2 Å². The lowest BCUT2D eigenvalue weighted by Crippen LogP contribution is -2.01. The summed E-state index contributed by atoms with van der Waals surface area (Å²) in [5.74, 6) is 0. The molecular formula is C9H12BrNS. The normalized spacial score (nSPS) is 12.1. The molecule has 0 fully saturated rings. The van der Waals surface area contributed by atoms with E-state index in [1.807, 2.05) is 0 Å². The van der Waals surface area contributed by atoms with Crippen LogP contribution >= 0.6 is 27.3 Å². The molecule has 0 aliphatic carbocycles. The van der Waals surface area contributed by atoms with E-state index in [9.17, 15) is 0 Å². The van der Waals surface area contributed by atoms with E-state index in [1.54, 1.807) is 11.3 Å². The molecule has 1 aromatic rings. The molecule has 1 nitrogen and oxygen atoms in total. The van der Waals surface area contributed by atoms with Gasteiger partial charge < -0.3 is 5.73 Å². The molecule has 0 spiro atoms. The van der Waals surface area contributed by atoms with Crippen LogP contribution in [0.25, 0.3) is 6.08 Å². The van der Waals surface area contributed by atoms with E-state index in [4.69, 9.17) is 5.73 Å². The van der Waals surface area contributed by atoms with Crippen LogP contribution in [0, 0.1) is 0 Å². The van der Waals surface area contributed by atoms with Gasteiger partial charge in [0.15, 0.2) is 0 Å². The SMILES string of the molecule is CCC(=Cc1ccc(Br)s1)CN. The molecule has 0 unspecified atom stereocenters. The van der Waals surface area contributed by atoms with Gasteiger partial charge in [0.05, 0.1) is 3.79 Å². The first-order chi connectivity index (χ1) is 5.76. The number of rotatable bonds is 3. The third-order valence-corrected chi connectivity index (χ3v) is 3.23. The largest absolute Gasteiger partial charge is 0.327 e. The van der Waals surface area contributed by atoms with Crippen molar-refractivity contribution in [1.82, 2.24) is 0 Å². The number of hydrogen-bond acceptors (Lipinski definition) is 2. The van der Waals surface area contributed by atoms with Gasteiger partial charge in [0.25, 0.3) is 0 Å². The number of hydrogen-bond donors (Lipinski definition) is 1. The maximum absolute atomic E-state index is 5.56. The van der Waals surface area contributed by atoms with Gasteiger partial charge in [-0.3, -0.25) is 0 Å². The topological polar surface area (TPSA) is 26.0 Å². The Morgan fingerprint density at radius 1 is 1.67 bits per heavy atom. The molecule has 2 N–H and O–H groups in total. The molecule has 0 saturated heterocycles. The van der Waals surface area contributed by atoms with Gasteiger partial charge in [-0.2, -0.15) is 0 Å². The molecule has 0 radical (unpaired) electrons. The van der Waals surface area contributed by atoms with Crippen molar-refractivity contribution < 1.29 is 0 Å². The van der Waals surface area contributed by atoms with Gasteiger partial charge in [-0.15, -0.1) is 11.3 Å². The first-order valence-corrected chi connectivity index (χ1v) is 5.52. The van der Waals surface area contributed by atoms with Crippen LogP contribution in [-0.4, -0.2) is 6.54 Å². The first-order valence-electron chi connectivity index (χ1n) is 3.91. The molecular weight excluding hydrogens is 234 g/mol. The summed E-state index contributed by atoms with van der Waals surface area (Å²) < 4.78 is 1.17. The van der Waals surface area contributed by atoms with E-state index >= 15 is 0 Å². The number of thiophene rings is 1. The molecule has 1 rings (SSSR count). The van der Waals surface area contributed by atoms with E-state index in [0.717, 1.165) is 6.42 Å². The molecule has 0 aliphatic rings. The summed E-state index contributed by atoms with van der Waals surface area (Å²) in [5.41, 5.74) is 6.86.